The lowest BCUT2D eigenvalue weighted by Gasteiger charge is -2.45. The van der Waals surface area contributed by atoms with Gasteiger partial charge < -0.3 is 19.7 Å². The van der Waals surface area contributed by atoms with Crippen molar-refractivity contribution in [2.45, 2.75) is 32.0 Å². The monoisotopic (exact) mass is 404 g/mol. The fourth-order valence-corrected chi connectivity index (χ4v) is 4.42. The summed E-state index contributed by atoms with van der Waals surface area (Å²) in [5.41, 5.74) is 1.49. The number of hydrogen-bond donors (Lipinski definition) is 1. The van der Waals surface area contributed by atoms with Gasteiger partial charge in [-0.25, -0.2) is 4.39 Å². The van der Waals surface area contributed by atoms with E-state index < -0.39 is 0 Å². The molecule has 2 bridgehead atoms. The SMILES string of the molecule is COc1cc(CN[C@H]2CN3CCC2CC3)ccc1OCc1c(F)cccc1Cl. The van der Waals surface area contributed by atoms with E-state index in [0.717, 1.165) is 24.6 Å². The van der Waals surface area contributed by atoms with Crippen LogP contribution in [-0.4, -0.2) is 37.7 Å². The highest BCUT2D eigenvalue weighted by Crippen LogP contribution is 2.31. The fraction of sp³-hybridized carbons (Fsp3) is 0.455. The molecule has 2 aromatic carbocycles. The molecular weight excluding hydrogens is 379 g/mol. The molecule has 3 aliphatic rings. The van der Waals surface area contributed by atoms with E-state index in [0.29, 0.717) is 28.1 Å². The molecule has 0 saturated carbocycles. The third kappa shape index (κ3) is 4.27. The van der Waals surface area contributed by atoms with Crippen LogP contribution in [-0.2, 0) is 13.2 Å². The maximum Gasteiger partial charge on any atom is 0.161 e. The molecule has 3 aliphatic heterocycles. The third-order valence-corrected chi connectivity index (χ3v) is 6.24. The van der Waals surface area contributed by atoms with Crippen LogP contribution < -0.4 is 14.8 Å². The molecule has 3 saturated heterocycles. The molecule has 0 aliphatic carbocycles. The second kappa shape index (κ2) is 8.68. The lowest BCUT2D eigenvalue weighted by Crippen LogP contribution is -2.55. The molecule has 150 valence electrons. The highest BCUT2D eigenvalue weighted by molar-refractivity contribution is 6.31. The number of piperidine rings is 3. The molecule has 0 aromatic heterocycles. The van der Waals surface area contributed by atoms with Gasteiger partial charge in [-0.3, -0.25) is 0 Å². The molecule has 0 spiro atoms. The maximum absolute atomic E-state index is 13.9. The second-order valence-corrected chi connectivity index (χ2v) is 8.01. The largest absolute Gasteiger partial charge is 0.493 e. The Labute approximate surface area is 170 Å². The zero-order valence-corrected chi connectivity index (χ0v) is 16.8. The Morgan fingerprint density at radius 2 is 2.00 bits per heavy atom. The minimum Gasteiger partial charge on any atom is -0.493 e. The fourth-order valence-electron chi connectivity index (χ4n) is 4.21. The molecule has 0 amide bonds. The van der Waals surface area contributed by atoms with Crippen molar-refractivity contribution >= 4 is 11.6 Å². The number of halogens is 2. The van der Waals surface area contributed by atoms with Gasteiger partial charge in [0.05, 0.1) is 12.1 Å². The Bertz CT molecular complexity index is 804. The molecule has 0 unspecified atom stereocenters. The number of nitrogens with zero attached hydrogens (tertiary/aromatic N) is 1. The first-order valence-corrected chi connectivity index (χ1v) is 10.2. The van der Waals surface area contributed by atoms with Gasteiger partial charge in [0.25, 0.3) is 0 Å². The van der Waals surface area contributed by atoms with Crippen molar-refractivity contribution in [2.24, 2.45) is 5.92 Å². The molecule has 4 nitrogen and oxygen atoms in total. The van der Waals surface area contributed by atoms with Gasteiger partial charge in [-0.2, -0.15) is 0 Å². The Kier molecular flexibility index (Phi) is 6.04. The van der Waals surface area contributed by atoms with Gasteiger partial charge in [-0.05, 0) is 61.7 Å². The second-order valence-electron chi connectivity index (χ2n) is 7.60. The highest BCUT2D eigenvalue weighted by atomic mass is 35.5. The number of hydrogen-bond acceptors (Lipinski definition) is 4. The maximum atomic E-state index is 13.9. The van der Waals surface area contributed by atoms with Crippen LogP contribution in [0.4, 0.5) is 4.39 Å². The van der Waals surface area contributed by atoms with E-state index in [1.54, 1.807) is 19.2 Å². The molecule has 1 N–H and O–H groups in total. The minimum absolute atomic E-state index is 0.0546. The van der Waals surface area contributed by atoms with Crippen molar-refractivity contribution in [2.75, 3.05) is 26.7 Å². The lowest BCUT2D eigenvalue weighted by atomic mass is 9.84. The Hall–Kier alpha value is -1.82. The van der Waals surface area contributed by atoms with E-state index in [4.69, 9.17) is 21.1 Å². The van der Waals surface area contributed by atoms with Crippen LogP contribution in [0.1, 0.15) is 24.0 Å². The van der Waals surface area contributed by atoms with Crippen LogP contribution in [0, 0.1) is 11.7 Å². The van der Waals surface area contributed by atoms with Gasteiger partial charge in [0.1, 0.15) is 12.4 Å². The smallest absolute Gasteiger partial charge is 0.161 e. The first kappa shape index (κ1) is 19.5. The van der Waals surface area contributed by atoms with E-state index in [1.807, 2.05) is 18.2 Å². The Morgan fingerprint density at radius 1 is 1.18 bits per heavy atom. The zero-order valence-electron chi connectivity index (χ0n) is 16.1. The van der Waals surface area contributed by atoms with Crippen LogP contribution >= 0.6 is 11.6 Å². The molecule has 28 heavy (non-hydrogen) atoms. The minimum atomic E-state index is -0.371. The average molecular weight is 405 g/mol. The third-order valence-electron chi connectivity index (χ3n) is 5.89. The summed E-state index contributed by atoms with van der Waals surface area (Å²) in [6, 6.07) is 11.1. The molecule has 6 heteroatoms. The van der Waals surface area contributed by atoms with Gasteiger partial charge in [-0.15, -0.1) is 0 Å². The van der Waals surface area contributed by atoms with Crippen LogP contribution in [0.2, 0.25) is 5.02 Å². The summed E-state index contributed by atoms with van der Waals surface area (Å²) in [6.07, 6.45) is 2.60. The summed E-state index contributed by atoms with van der Waals surface area (Å²) < 4.78 is 25.2. The summed E-state index contributed by atoms with van der Waals surface area (Å²) in [7, 11) is 1.61. The van der Waals surface area contributed by atoms with Gasteiger partial charge in [0.15, 0.2) is 11.5 Å². The molecule has 1 atom stereocenters. The van der Waals surface area contributed by atoms with Gasteiger partial charge in [0, 0.05) is 24.7 Å². The van der Waals surface area contributed by atoms with Crippen LogP contribution in [0.15, 0.2) is 36.4 Å². The number of rotatable bonds is 7. The van der Waals surface area contributed by atoms with Gasteiger partial charge in [-0.1, -0.05) is 23.7 Å². The summed E-state index contributed by atoms with van der Waals surface area (Å²) in [5.74, 6) is 1.64. The quantitative estimate of drug-likeness (QED) is 0.748. The van der Waals surface area contributed by atoms with E-state index in [2.05, 4.69) is 10.2 Å². The van der Waals surface area contributed by atoms with Crippen molar-refractivity contribution in [3.05, 3.63) is 58.4 Å². The predicted octanol–water partition coefficient (Wildman–Crippen LogP) is 4.25. The van der Waals surface area contributed by atoms with Gasteiger partial charge >= 0.3 is 0 Å². The average Bonchev–Trinajstić information content (AvgIpc) is 2.73. The topological polar surface area (TPSA) is 33.7 Å². The number of benzene rings is 2. The van der Waals surface area contributed by atoms with E-state index in [9.17, 15) is 4.39 Å². The molecular formula is C22H26ClFN2O2. The van der Waals surface area contributed by atoms with Crippen LogP contribution in [0.25, 0.3) is 0 Å². The molecule has 5 rings (SSSR count). The lowest BCUT2D eigenvalue weighted by molar-refractivity contribution is 0.0720. The van der Waals surface area contributed by atoms with Crippen molar-refractivity contribution in [3.8, 4) is 11.5 Å². The Balaban J connectivity index is 1.38. The van der Waals surface area contributed by atoms with Crippen molar-refractivity contribution in [1.29, 1.82) is 0 Å². The van der Waals surface area contributed by atoms with Crippen molar-refractivity contribution < 1.29 is 13.9 Å². The summed E-state index contributed by atoms with van der Waals surface area (Å²) in [4.78, 5) is 2.54. The standard InChI is InChI=1S/C22H26ClFN2O2/c1-27-22-11-15(12-25-20-13-26-9-7-16(20)8-10-26)5-6-21(22)28-14-17-18(23)3-2-4-19(17)24/h2-6,11,16,20,25H,7-10,12-14H2,1H3/t20-/m0/s1. The van der Waals surface area contributed by atoms with E-state index in [1.165, 1.54) is 32.0 Å². The Morgan fingerprint density at radius 3 is 2.68 bits per heavy atom. The number of methoxy groups -OCH3 is 1. The van der Waals surface area contributed by atoms with E-state index in [-0.39, 0.29) is 12.4 Å². The summed E-state index contributed by atoms with van der Waals surface area (Å²) in [5, 5.41) is 4.07. The molecule has 3 heterocycles. The van der Waals surface area contributed by atoms with Crippen LogP contribution in [0.5, 0.6) is 11.5 Å². The normalized spacial score (nSPS) is 23.6. The number of nitrogens with one attached hydrogen (secondary N) is 1. The zero-order chi connectivity index (χ0) is 19.5. The van der Waals surface area contributed by atoms with Crippen molar-refractivity contribution in [1.82, 2.24) is 10.2 Å². The first-order chi connectivity index (χ1) is 13.6. The van der Waals surface area contributed by atoms with Crippen LogP contribution in [0.3, 0.4) is 0 Å². The summed E-state index contributed by atoms with van der Waals surface area (Å²) in [6.45, 7) is 4.49. The van der Waals surface area contributed by atoms with E-state index >= 15 is 0 Å². The predicted molar refractivity (Wildman–Crippen MR) is 109 cm³/mol. The molecule has 0 radical (unpaired) electrons. The number of ether oxygens (including phenoxy) is 2. The van der Waals surface area contributed by atoms with Gasteiger partial charge in [0.2, 0.25) is 0 Å². The summed E-state index contributed by atoms with van der Waals surface area (Å²) >= 11 is 6.07. The highest BCUT2D eigenvalue weighted by Gasteiger charge is 2.33. The first-order valence-electron chi connectivity index (χ1n) is 9.82. The number of fused-ring (bicyclic) bond motifs is 3. The molecule has 3 fully saturated rings. The van der Waals surface area contributed by atoms with Crippen molar-refractivity contribution in [3.63, 3.8) is 0 Å². The molecule has 2 aromatic rings.